The van der Waals surface area contributed by atoms with E-state index in [1.54, 1.807) is 47.4 Å². The Kier molecular flexibility index (Phi) is 7.38. The van der Waals surface area contributed by atoms with Crippen LogP contribution in [0.15, 0.2) is 103 Å². The van der Waals surface area contributed by atoms with E-state index in [9.17, 15) is 9.59 Å². The molecular formula is C30H25ClN2O4. The monoisotopic (exact) mass is 512 g/mol. The third-order valence-electron chi connectivity index (χ3n) is 6.10. The molecule has 1 aliphatic rings. The first-order valence-electron chi connectivity index (χ1n) is 11.9. The van der Waals surface area contributed by atoms with Gasteiger partial charge in [0.2, 0.25) is 12.7 Å². The van der Waals surface area contributed by atoms with Gasteiger partial charge >= 0.3 is 0 Å². The topological polar surface area (TPSA) is 67.9 Å². The van der Waals surface area contributed by atoms with Crippen LogP contribution in [0.1, 0.15) is 22.7 Å². The third-order valence-corrected chi connectivity index (χ3v) is 6.35. The van der Waals surface area contributed by atoms with Gasteiger partial charge in [0, 0.05) is 23.3 Å². The molecule has 1 atom stereocenters. The van der Waals surface area contributed by atoms with Gasteiger partial charge in [0.15, 0.2) is 11.5 Å². The molecule has 0 aliphatic carbocycles. The number of rotatable bonds is 8. The number of anilines is 1. The van der Waals surface area contributed by atoms with Crippen LogP contribution in [-0.4, -0.2) is 23.5 Å². The molecule has 5 rings (SSSR count). The van der Waals surface area contributed by atoms with E-state index in [2.05, 4.69) is 5.32 Å². The molecule has 6 nitrogen and oxygen atoms in total. The zero-order valence-electron chi connectivity index (χ0n) is 20.0. The van der Waals surface area contributed by atoms with Crippen molar-refractivity contribution in [3.63, 3.8) is 0 Å². The fourth-order valence-corrected chi connectivity index (χ4v) is 4.40. The first kappa shape index (κ1) is 24.4. The molecule has 1 aliphatic heterocycles. The van der Waals surface area contributed by atoms with Gasteiger partial charge in [-0.1, -0.05) is 84.4 Å². The Morgan fingerprint density at radius 3 is 2.16 bits per heavy atom. The van der Waals surface area contributed by atoms with Crippen LogP contribution in [0.2, 0.25) is 5.02 Å². The largest absolute Gasteiger partial charge is 0.454 e. The van der Waals surface area contributed by atoms with E-state index in [4.69, 9.17) is 21.1 Å². The summed E-state index contributed by atoms with van der Waals surface area (Å²) in [7, 11) is 0. The minimum absolute atomic E-state index is 0.138. The number of fused-ring (bicyclic) bond motifs is 1. The summed E-state index contributed by atoms with van der Waals surface area (Å²) < 4.78 is 10.8. The maximum absolute atomic E-state index is 13.9. The van der Waals surface area contributed by atoms with E-state index in [1.165, 1.54) is 0 Å². The van der Waals surface area contributed by atoms with E-state index in [-0.39, 0.29) is 31.6 Å². The van der Waals surface area contributed by atoms with E-state index >= 15 is 0 Å². The van der Waals surface area contributed by atoms with E-state index < -0.39 is 6.04 Å². The summed E-state index contributed by atoms with van der Waals surface area (Å²) in [6.45, 7) is 0.396. The van der Waals surface area contributed by atoms with Crippen LogP contribution in [0.3, 0.4) is 0 Å². The molecule has 37 heavy (non-hydrogen) atoms. The molecule has 1 heterocycles. The minimum atomic E-state index is -0.904. The first-order chi connectivity index (χ1) is 18.1. The fraction of sp³-hybridized carbons (Fsp3) is 0.133. The molecule has 0 radical (unpaired) electrons. The summed E-state index contributed by atoms with van der Waals surface area (Å²) >= 11 is 6.15. The SMILES string of the molecule is O=C(Nc1ccc2c(c1)OCO2)C(c1ccc(Cl)cc1)N(Cc1ccccc1)C(=O)Cc1ccccc1. The van der Waals surface area contributed by atoms with Crippen LogP contribution < -0.4 is 14.8 Å². The summed E-state index contributed by atoms with van der Waals surface area (Å²) in [6.07, 6.45) is 0.162. The zero-order valence-corrected chi connectivity index (χ0v) is 20.7. The lowest BCUT2D eigenvalue weighted by Gasteiger charge is -2.32. The Morgan fingerprint density at radius 1 is 0.811 bits per heavy atom. The van der Waals surface area contributed by atoms with Gasteiger partial charge in [-0.05, 0) is 41.0 Å². The van der Waals surface area contributed by atoms with E-state index in [0.29, 0.717) is 27.8 Å². The van der Waals surface area contributed by atoms with Crippen LogP contribution in [0.5, 0.6) is 11.5 Å². The lowest BCUT2D eigenvalue weighted by atomic mass is 10.0. The molecule has 1 unspecified atom stereocenters. The summed E-state index contributed by atoms with van der Waals surface area (Å²) in [5.41, 5.74) is 2.98. The first-order valence-corrected chi connectivity index (χ1v) is 12.3. The average molecular weight is 513 g/mol. The molecule has 0 bridgehead atoms. The van der Waals surface area contributed by atoms with Crippen molar-refractivity contribution in [2.45, 2.75) is 19.0 Å². The molecule has 2 amide bonds. The Balaban J connectivity index is 1.51. The van der Waals surface area contributed by atoms with Gasteiger partial charge in [0.05, 0.1) is 6.42 Å². The summed E-state index contributed by atoms with van der Waals surface area (Å²) in [5, 5.41) is 3.51. The number of nitrogens with zero attached hydrogens (tertiary/aromatic N) is 1. The molecule has 0 fully saturated rings. The van der Waals surface area contributed by atoms with Gasteiger partial charge in [0.1, 0.15) is 6.04 Å². The summed E-state index contributed by atoms with van der Waals surface area (Å²) in [4.78, 5) is 29.3. The van der Waals surface area contributed by atoms with Crippen LogP contribution >= 0.6 is 11.6 Å². The summed E-state index contributed by atoms with van der Waals surface area (Å²) in [6, 6.07) is 30.5. The number of hydrogen-bond acceptors (Lipinski definition) is 4. The van der Waals surface area contributed by atoms with Crippen molar-refractivity contribution in [3.8, 4) is 11.5 Å². The second kappa shape index (κ2) is 11.2. The van der Waals surface area contributed by atoms with Crippen molar-refractivity contribution in [1.29, 1.82) is 0 Å². The fourth-order valence-electron chi connectivity index (χ4n) is 4.28. The molecule has 1 N–H and O–H groups in total. The quantitative estimate of drug-likeness (QED) is 0.313. The van der Waals surface area contributed by atoms with Gasteiger partial charge in [0.25, 0.3) is 5.91 Å². The maximum atomic E-state index is 13.9. The van der Waals surface area contributed by atoms with Gasteiger partial charge < -0.3 is 19.7 Å². The molecule has 0 aromatic heterocycles. The second-order valence-electron chi connectivity index (χ2n) is 8.68. The molecule has 7 heteroatoms. The maximum Gasteiger partial charge on any atom is 0.251 e. The minimum Gasteiger partial charge on any atom is -0.454 e. The lowest BCUT2D eigenvalue weighted by Crippen LogP contribution is -2.41. The zero-order chi connectivity index (χ0) is 25.6. The van der Waals surface area contributed by atoms with Crippen molar-refractivity contribution in [1.82, 2.24) is 4.90 Å². The predicted octanol–water partition coefficient (Wildman–Crippen LogP) is 6.02. The van der Waals surface area contributed by atoms with Crippen LogP contribution in [0.25, 0.3) is 0 Å². The highest BCUT2D eigenvalue weighted by Gasteiger charge is 2.32. The van der Waals surface area contributed by atoms with Crippen LogP contribution in [0.4, 0.5) is 5.69 Å². The number of hydrogen-bond donors (Lipinski definition) is 1. The molecule has 4 aromatic carbocycles. The highest BCUT2D eigenvalue weighted by Crippen LogP contribution is 2.35. The Hall–Kier alpha value is -4.29. The second-order valence-corrected chi connectivity index (χ2v) is 9.12. The van der Waals surface area contributed by atoms with Gasteiger partial charge in [-0.2, -0.15) is 0 Å². The average Bonchev–Trinajstić information content (AvgIpc) is 3.38. The van der Waals surface area contributed by atoms with Crippen molar-refractivity contribution >= 4 is 29.1 Å². The molecule has 0 spiro atoms. The van der Waals surface area contributed by atoms with Gasteiger partial charge in [-0.25, -0.2) is 0 Å². The summed E-state index contributed by atoms with van der Waals surface area (Å²) in [5.74, 6) is 0.660. The van der Waals surface area contributed by atoms with Crippen molar-refractivity contribution in [2.75, 3.05) is 12.1 Å². The highest BCUT2D eigenvalue weighted by molar-refractivity contribution is 6.30. The normalized spacial score (nSPS) is 12.6. The number of ether oxygens (including phenoxy) is 2. The number of halogens is 1. The highest BCUT2D eigenvalue weighted by atomic mass is 35.5. The molecule has 186 valence electrons. The van der Waals surface area contributed by atoms with Crippen LogP contribution in [-0.2, 0) is 22.6 Å². The Labute approximate surface area is 220 Å². The molecule has 0 saturated carbocycles. The number of nitrogens with one attached hydrogen (secondary N) is 1. The smallest absolute Gasteiger partial charge is 0.251 e. The number of benzene rings is 4. The standard InChI is InChI=1S/C30H25ClN2O4/c31-24-13-11-23(12-14-24)29(30(35)32-25-15-16-26-27(18-25)37-20-36-26)33(19-22-9-5-2-6-10-22)28(34)17-21-7-3-1-4-8-21/h1-16,18,29H,17,19-20H2,(H,32,35). The van der Waals surface area contributed by atoms with E-state index in [0.717, 1.165) is 11.1 Å². The third kappa shape index (κ3) is 5.93. The van der Waals surface area contributed by atoms with E-state index in [1.807, 2.05) is 60.7 Å². The van der Waals surface area contributed by atoms with Crippen LogP contribution in [0, 0.1) is 0 Å². The molecule has 4 aromatic rings. The number of carbonyl (C=O) groups excluding carboxylic acids is 2. The van der Waals surface area contributed by atoms with Crippen molar-refractivity contribution in [3.05, 3.63) is 125 Å². The van der Waals surface area contributed by atoms with Gasteiger partial charge in [-0.3, -0.25) is 9.59 Å². The molecule has 0 saturated heterocycles. The van der Waals surface area contributed by atoms with Gasteiger partial charge in [-0.15, -0.1) is 0 Å². The predicted molar refractivity (Wildman–Crippen MR) is 143 cm³/mol. The Morgan fingerprint density at radius 2 is 1.46 bits per heavy atom. The lowest BCUT2D eigenvalue weighted by molar-refractivity contribution is -0.139. The Bertz CT molecular complexity index is 1380. The number of carbonyl (C=O) groups is 2. The molecular weight excluding hydrogens is 488 g/mol. The number of amides is 2. The van der Waals surface area contributed by atoms with Crippen molar-refractivity contribution < 1.29 is 19.1 Å². The van der Waals surface area contributed by atoms with Crippen molar-refractivity contribution in [2.24, 2.45) is 0 Å².